The molecule has 0 radical (unpaired) electrons. The van der Waals surface area contributed by atoms with Gasteiger partial charge in [0.25, 0.3) is 0 Å². The van der Waals surface area contributed by atoms with Crippen LogP contribution in [0.2, 0.25) is 0 Å². The molecule has 474 valence electrons. The summed E-state index contributed by atoms with van der Waals surface area (Å²) in [6.45, 7) is 15.0. The van der Waals surface area contributed by atoms with Crippen LogP contribution in [0.15, 0.2) is 198 Å². The molecular formula is C72H79Br2N3O11S2. The summed E-state index contributed by atoms with van der Waals surface area (Å²) in [6, 6.07) is 49.9. The first-order valence-corrected chi connectivity index (χ1v) is 33.5. The maximum Gasteiger partial charge on any atom is 0.227 e. The van der Waals surface area contributed by atoms with Crippen molar-refractivity contribution in [2.45, 2.75) is 125 Å². The molecule has 18 heteroatoms. The number of hydrogen-bond acceptors (Lipinski definition) is 11. The molecule has 3 aliphatic heterocycles. The van der Waals surface area contributed by atoms with Gasteiger partial charge in [-0.05, 0) is 216 Å². The number of benzene rings is 8. The Morgan fingerprint density at radius 3 is 1.17 bits per heavy atom. The van der Waals surface area contributed by atoms with Crippen molar-refractivity contribution in [2.75, 3.05) is 43.7 Å². The van der Waals surface area contributed by atoms with E-state index in [2.05, 4.69) is 120 Å². The number of amides is 3. The number of nitrogens with zero attached hydrogens (tertiary/aromatic N) is 2. The highest BCUT2D eigenvalue weighted by atomic mass is 79.9. The average Bonchev–Trinajstić information content (AvgIpc) is 1.22. The van der Waals surface area contributed by atoms with Gasteiger partial charge in [-0.15, -0.1) is 0 Å². The van der Waals surface area contributed by atoms with Gasteiger partial charge in [-0.1, -0.05) is 94.9 Å². The Balaban J connectivity index is 0.000000234. The fourth-order valence-corrected chi connectivity index (χ4v) is 13.9. The number of carbonyl (C=O) groups excluding carboxylic acids is 3. The van der Waals surface area contributed by atoms with E-state index in [9.17, 15) is 31.2 Å². The van der Waals surface area contributed by atoms with Gasteiger partial charge in [0.1, 0.15) is 28.7 Å². The van der Waals surface area contributed by atoms with Crippen molar-refractivity contribution in [2.24, 2.45) is 0 Å². The lowest BCUT2D eigenvalue weighted by molar-refractivity contribution is -0.119. The number of aryl methyl sites for hydroxylation is 2. The van der Waals surface area contributed by atoms with Crippen molar-refractivity contribution in [3.8, 4) is 34.5 Å². The Morgan fingerprint density at radius 2 is 0.800 bits per heavy atom. The highest BCUT2D eigenvalue weighted by Crippen LogP contribution is 2.43. The second-order valence-corrected chi connectivity index (χ2v) is 28.4. The number of carbonyl (C=O) groups is 3. The molecule has 0 aliphatic carbocycles. The minimum atomic E-state index is -3.73. The number of ether oxygens (including phenoxy) is 4. The van der Waals surface area contributed by atoms with Crippen molar-refractivity contribution < 1.29 is 50.2 Å². The molecule has 0 bridgehead atoms. The fraction of sp³-hybridized carbons (Fsp3) is 0.292. The van der Waals surface area contributed by atoms with E-state index in [1.54, 1.807) is 65.6 Å². The van der Waals surface area contributed by atoms with Crippen molar-refractivity contribution in [1.29, 1.82) is 0 Å². The number of hydrogen-bond donors (Lipinski definition) is 1. The summed E-state index contributed by atoms with van der Waals surface area (Å²) >= 11 is 7.28. The van der Waals surface area contributed by atoms with Crippen molar-refractivity contribution in [3.05, 3.63) is 212 Å². The topological polar surface area (TPSA) is 175 Å². The van der Waals surface area contributed by atoms with Gasteiger partial charge in [0.05, 0.1) is 44.0 Å². The van der Waals surface area contributed by atoms with Gasteiger partial charge in [-0.25, -0.2) is 16.8 Å². The van der Waals surface area contributed by atoms with Crippen LogP contribution in [0.5, 0.6) is 34.5 Å². The minimum Gasteiger partial charge on any atom is -0.497 e. The summed E-state index contributed by atoms with van der Waals surface area (Å²) in [4.78, 5) is 40.0. The van der Waals surface area contributed by atoms with Crippen LogP contribution in [0.25, 0.3) is 0 Å². The van der Waals surface area contributed by atoms with Crippen molar-refractivity contribution in [1.82, 2.24) is 5.32 Å². The van der Waals surface area contributed by atoms with Crippen LogP contribution in [-0.4, -0.2) is 68.4 Å². The number of halogens is 2. The third-order valence-electron chi connectivity index (χ3n) is 16.3. The summed E-state index contributed by atoms with van der Waals surface area (Å²) in [6.07, 6.45) is 4.43. The quantitative estimate of drug-likeness (QED) is 0.0974. The lowest BCUT2D eigenvalue weighted by Gasteiger charge is -2.30. The molecule has 0 atom stereocenters. The highest BCUT2D eigenvalue weighted by molar-refractivity contribution is 9.10. The monoisotopic (exact) mass is 1380 g/mol. The first-order valence-electron chi connectivity index (χ1n) is 28.9. The van der Waals surface area contributed by atoms with Gasteiger partial charge in [0.2, 0.25) is 37.4 Å². The van der Waals surface area contributed by atoms with E-state index in [1.807, 2.05) is 36.1 Å². The lowest BCUT2D eigenvalue weighted by Crippen LogP contribution is -2.27. The zero-order valence-corrected chi connectivity index (χ0v) is 55.3. The summed E-state index contributed by atoms with van der Waals surface area (Å²) < 4.78 is 76.8. The van der Waals surface area contributed by atoms with Gasteiger partial charge in [-0.2, -0.15) is 0 Å². The minimum absolute atomic E-state index is 0. The molecular weight excluding hydrogens is 1310 g/mol. The number of nitrogens with one attached hydrogen (secondary N) is 1. The summed E-state index contributed by atoms with van der Waals surface area (Å²) in [5.74, 6) is 3.71. The predicted octanol–water partition coefficient (Wildman–Crippen LogP) is 16.9. The Kier molecular flexibility index (Phi) is 22.8. The zero-order valence-electron chi connectivity index (χ0n) is 50.5. The molecule has 90 heavy (non-hydrogen) atoms. The van der Waals surface area contributed by atoms with E-state index in [-0.39, 0.29) is 57.6 Å². The molecule has 0 saturated carbocycles. The Bertz CT molecular complexity index is 4090. The molecule has 3 saturated heterocycles. The fourth-order valence-electron chi connectivity index (χ4n) is 10.6. The van der Waals surface area contributed by atoms with Crippen molar-refractivity contribution in [3.63, 3.8) is 0 Å². The van der Waals surface area contributed by atoms with E-state index in [0.29, 0.717) is 59.6 Å². The third-order valence-corrected chi connectivity index (χ3v) is 21.3. The Morgan fingerprint density at radius 1 is 0.433 bits per heavy atom. The molecule has 11 rings (SSSR count). The molecule has 0 spiro atoms. The first-order chi connectivity index (χ1) is 41.9. The zero-order chi connectivity index (χ0) is 63.1. The standard InChI is InChI=1S/C37H38N2O6S.C29H26Br2O4S.C4H7NO.2CH4/c1-25-9-10-26(23-32(25)38-21-5-7-35(38)40)37(2,3)27-11-20-34(33(24-27)39-22-6-8-36(39)41)45-29-14-18-31(19-15-29)46(42,43)30-16-12-28(44-4)13-17-30;1-19-5-6-20(17-26(19)30)29(2,3)21-7-16-28(27(31)18-21)35-23-10-14-25(15-11-23)36(32,33)24-12-8-22(34-4)9-13-24;6-4-2-1-3-5-4;;/h9-20,23-24H,5-8,21-22H2,1-4H3;5-18H,1-4H3;1-3H2,(H,5,6);2*1H4. The summed E-state index contributed by atoms with van der Waals surface area (Å²) in [5, 5.41) is 2.68. The van der Waals surface area contributed by atoms with E-state index >= 15 is 0 Å². The number of anilines is 2. The van der Waals surface area contributed by atoms with Crippen LogP contribution in [0, 0.1) is 13.8 Å². The Labute approximate surface area is 548 Å². The first kappa shape index (κ1) is 69.7. The molecule has 3 fully saturated rings. The van der Waals surface area contributed by atoms with E-state index < -0.39 is 25.1 Å². The Hall–Kier alpha value is -7.77. The van der Waals surface area contributed by atoms with Crippen LogP contribution in [0.3, 0.4) is 0 Å². The third kappa shape index (κ3) is 15.7. The van der Waals surface area contributed by atoms with E-state index in [0.717, 1.165) is 75.7 Å². The van der Waals surface area contributed by atoms with Crippen molar-refractivity contribution >= 4 is 80.6 Å². The van der Waals surface area contributed by atoms with Gasteiger partial charge in [-0.3, -0.25) is 14.4 Å². The van der Waals surface area contributed by atoms with Gasteiger partial charge in [0, 0.05) is 59.9 Å². The normalized spacial score (nSPS) is 14.0. The molecule has 3 aliphatic rings. The van der Waals surface area contributed by atoms with Crippen LogP contribution < -0.4 is 34.1 Å². The number of methoxy groups -OCH3 is 2. The second-order valence-electron chi connectivity index (χ2n) is 22.8. The average molecular weight is 1390 g/mol. The largest absolute Gasteiger partial charge is 0.497 e. The lowest BCUT2D eigenvalue weighted by atomic mass is 9.77. The van der Waals surface area contributed by atoms with Crippen LogP contribution in [-0.2, 0) is 44.9 Å². The maximum atomic E-state index is 13.2. The molecule has 14 nitrogen and oxygen atoms in total. The summed E-state index contributed by atoms with van der Waals surface area (Å²) in [7, 11) is -4.30. The molecule has 0 aromatic heterocycles. The van der Waals surface area contributed by atoms with E-state index in [4.69, 9.17) is 18.9 Å². The van der Waals surface area contributed by atoms with E-state index in [1.165, 1.54) is 61.7 Å². The number of sulfone groups is 2. The smallest absolute Gasteiger partial charge is 0.227 e. The highest BCUT2D eigenvalue weighted by Gasteiger charge is 2.32. The molecule has 1 N–H and O–H groups in total. The van der Waals surface area contributed by atoms with Crippen LogP contribution >= 0.6 is 31.9 Å². The SMILES string of the molecule is C.C.COc1ccc(S(=O)(=O)c2ccc(Oc3ccc(C(C)(C)c4ccc(C)c(Br)c4)cc3Br)cc2)cc1.COc1ccc(S(=O)(=O)c2ccc(Oc3ccc(C(C)(C)c4ccc(C)c(N5CCCC5=O)c4)cc3N3CCCC3=O)cc2)cc1.O=C1CCCN1. The second kappa shape index (κ2) is 29.5. The molecule has 8 aromatic carbocycles. The van der Waals surface area contributed by atoms with Gasteiger partial charge < -0.3 is 34.1 Å². The van der Waals surface area contributed by atoms with Crippen LogP contribution in [0.1, 0.15) is 114 Å². The van der Waals surface area contributed by atoms with Gasteiger partial charge >= 0.3 is 0 Å². The maximum absolute atomic E-state index is 13.2. The molecule has 3 heterocycles. The molecule has 0 unspecified atom stereocenters. The predicted molar refractivity (Wildman–Crippen MR) is 364 cm³/mol. The van der Waals surface area contributed by atoms with Gasteiger partial charge in [0.15, 0.2) is 5.75 Å². The van der Waals surface area contributed by atoms with Crippen LogP contribution in [0.4, 0.5) is 11.4 Å². The summed E-state index contributed by atoms with van der Waals surface area (Å²) in [5.41, 5.74) is 7.62. The molecule has 3 amide bonds. The molecule has 8 aromatic rings. The number of rotatable bonds is 16.